The molecule has 0 amide bonds. The largest absolute Gasteiger partial charge is 0.348 e. The van der Waals surface area contributed by atoms with Crippen molar-refractivity contribution in [1.82, 2.24) is 14.3 Å². The third-order valence-electron chi connectivity index (χ3n) is 2.98. The Balaban J connectivity index is 2.10. The van der Waals surface area contributed by atoms with Crippen LogP contribution in [0.15, 0.2) is 24.5 Å². The van der Waals surface area contributed by atoms with Gasteiger partial charge in [0.15, 0.2) is 0 Å². The van der Waals surface area contributed by atoms with Gasteiger partial charge in [-0.3, -0.25) is 4.68 Å². The summed E-state index contributed by atoms with van der Waals surface area (Å²) < 4.78 is 4.14. The first-order valence-electron chi connectivity index (χ1n) is 6.09. The molecule has 0 aliphatic heterocycles. The molecule has 0 saturated carbocycles. The van der Waals surface area contributed by atoms with Crippen molar-refractivity contribution in [3.05, 3.63) is 41.5 Å². The fourth-order valence-electron chi connectivity index (χ4n) is 1.98. The molecule has 4 heteroatoms. The van der Waals surface area contributed by atoms with Crippen LogP contribution in [0.3, 0.4) is 0 Å². The average Bonchev–Trinajstić information content (AvgIpc) is 2.88. The van der Waals surface area contributed by atoms with Crippen molar-refractivity contribution in [2.75, 3.05) is 6.54 Å². The molecule has 4 nitrogen and oxygen atoms in total. The zero-order valence-corrected chi connectivity index (χ0v) is 10.6. The highest BCUT2D eigenvalue weighted by Crippen LogP contribution is 2.08. The maximum Gasteiger partial charge on any atom is 0.0639 e. The molecule has 0 saturated heterocycles. The second-order valence-corrected chi connectivity index (χ2v) is 4.33. The average molecular weight is 232 g/mol. The van der Waals surface area contributed by atoms with Gasteiger partial charge in [-0.25, -0.2) is 0 Å². The Labute approximate surface area is 102 Å². The van der Waals surface area contributed by atoms with Crippen molar-refractivity contribution in [2.24, 2.45) is 12.8 Å². The number of nitrogens with two attached hydrogens (primary N) is 1. The van der Waals surface area contributed by atoms with Gasteiger partial charge in [0.2, 0.25) is 0 Å². The van der Waals surface area contributed by atoms with E-state index in [1.165, 1.54) is 11.3 Å². The van der Waals surface area contributed by atoms with Gasteiger partial charge >= 0.3 is 0 Å². The predicted molar refractivity (Wildman–Crippen MR) is 68.9 cm³/mol. The third kappa shape index (κ3) is 2.77. The lowest BCUT2D eigenvalue weighted by Crippen LogP contribution is -2.04. The Morgan fingerprint density at radius 2 is 2.24 bits per heavy atom. The molecule has 0 atom stereocenters. The van der Waals surface area contributed by atoms with Gasteiger partial charge < -0.3 is 10.3 Å². The van der Waals surface area contributed by atoms with E-state index in [9.17, 15) is 0 Å². The van der Waals surface area contributed by atoms with Crippen LogP contribution in [0, 0.1) is 0 Å². The van der Waals surface area contributed by atoms with E-state index in [1.807, 2.05) is 11.7 Å². The molecule has 0 aliphatic carbocycles. The van der Waals surface area contributed by atoms with E-state index in [2.05, 4.69) is 41.1 Å². The lowest BCUT2D eigenvalue weighted by Gasteiger charge is -2.02. The molecule has 2 aromatic heterocycles. The van der Waals surface area contributed by atoms with Crippen LogP contribution in [0.4, 0.5) is 0 Å². The van der Waals surface area contributed by atoms with E-state index in [0.29, 0.717) is 6.54 Å². The first-order chi connectivity index (χ1) is 8.22. The van der Waals surface area contributed by atoms with Crippen LogP contribution >= 0.6 is 0 Å². The van der Waals surface area contributed by atoms with E-state index >= 15 is 0 Å². The summed E-state index contributed by atoms with van der Waals surface area (Å²) in [4.78, 5) is 0. The van der Waals surface area contributed by atoms with Crippen LogP contribution in [0.25, 0.3) is 0 Å². The SMILES string of the molecule is CCc1cc(Cn2ccc(CCN)c2)n(C)n1. The van der Waals surface area contributed by atoms with Gasteiger partial charge in [0.05, 0.1) is 17.9 Å². The molecule has 2 heterocycles. The number of nitrogens with zero attached hydrogens (tertiary/aromatic N) is 3. The number of aryl methyl sites for hydroxylation is 2. The number of rotatable bonds is 5. The number of hydrogen-bond acceptors (Lipinski definition) is 2. The molecular formula is C13H20N4. The summed E-state index contributed by atoms with van der Waals surface area (Å²) in [7, 11) is 2.00. The zero-order valence-electron chi connectivity index (χ0n) is 10.6. The Hall–Kier alpha value is -1.55. The van der Waals surface area contributed by atoms with E-state index in [-0.39, 0.29) is 0 Å². The normalized spacial score (nSPS) is 11.0. The molecule has 2 N–H and O–H groups in total. The predicted octanol–water partition coefficient (Wildman–Crippen LogP) is 1.33. The molecule has 0 unspecified atom stereocenters. The van der Waals surface area contributed by atoms with Gasteiger partial charge in [-0.1, -0.05) is 6.92 Å². The monoisotopic (exact) mass is 232 g/mol. The smallest absolute Gasteiger partial charge is 0.0639 e. The minimum Gasteiger partial charge on any atom is -0.348 e. The highest BCUT2D eigenvalue weighted by atomic mass is 15.3. The van der Waals surface area contributed by atoms with Gasteiger partial charge in [0.1, 0.15) is 0 Å². The number of hydrogen-bond donors (Lipinski definition) is 1. The second kappa shape index (κ2) is 5.19. The zero-order chi connectivity index (χ0) is 12.3. The maximum absolute atomic E-state index is 5.54. The fraction of sp³-hybridized carbons (Fsp3) is 0.462. The van der Waals surface area contributed by atoms with Gasteiger partial charge in [-0.05, 0) is 37.1 Å². The maximum atomic E-state index is 5.54. The van der Waals surface area contributed by atoms with E-state index in [1.54, 1.807) is 0 Å². The minimum absolute atomic E-state index is 0.704. The highest BCUT2D eigenvalue weighted by molar-refractivity contribution is 5.15. The highest BCUT2D eigenvalue weighted by Gasteiger charge is 2.04. The first-order valence-corrected chi connectivity index (χ1v) is 6.09. The van der Waals surface area contributed by atoms with Crippen LogP contribution in [0.1, 0.15) is 23.9 Å². The van der Waals surface area contributed by atoms with Crippen LogP contribution in [0.5, 0.6) is 0 Å². The van der Waals surface area contributed by atoms with Crippen LogP contribution in [-0.2, 0) is 26.4 Å². The molecular weight excluding hydrogens is 212 g/mol. The second-order valence-electron chi connectivity index (χ2n) is 4.33. The molecule has 2 aromatic rings. The lowest BCUT2D eigenvalue weighted by atomic mass is 10.2. The number of aromatic nitrogens is 3. The molecule has 0 radical (unpaired) electrons. The standard InChI is InChI=1S/C13H20N4/c1-3-12-8-13(16(2)15-12)10-17-7-5-11(9-17)4-6-14/h5,7-9H,3-4,6,10,14H2,1-2H3. The molecule has 92 valence electrons. The molecule has 0 bridgehead atoms. The summed E-state index contributed by atoms with van der Waals surface area (Å²) in [5.41, 5.74) is 9.22. The van der Waals surface area contributed by atoms with Crippen molar-refractivity contribution < 1.29 is 0 Å². The summed E-state index contributed by atoms with van der Waals surface area (Å²) in [5, 5.41) is 4.45. The third-order valence-corrected chi connectivity index (χ3v) is 2.98. The quantitative estimate of drug-likeness (QED) is 0.845. The van der Waals surface area contributed by atoms with Gasteiger partial charge in [-0.2, -0.15) is 5.10 Å². The van der Waals surface area contributed by atoms with E-state index in [0.717, 1.165) is 25.1 Å². The molecule has 0 spiro atoms. The van der Waals surface area contributed by atoms with Crippen molar-refractivity contribution in [2.45, 2.75) is 26.3 Å². The minimum atomic E-state index is 0.704. The van der Waals surface area contributed by atoms with Crippen molar-refractivity contribution in [3.63, 3.8) is 0 Å². The molecule has 0 aliphatic rings. The Morgan fingerprint density at radius 1 is 1.41 bits per heavy atom. The van der Waals surface area contributed by atoms with Crippen LogP contribution in [-0.4, -0.2) is 20.9 Å². The van der Waals surface area contributed by atoms with Gasteiger partial charge in [0, 0.05) is 19.4 Å². The van der Waals surface area contributed by atoms with Crippen LogP contribution < -0.4 is 5.73 Å². The molecule has 2 rings (SSSR count). The summed E-state index contributed by atoms with van der Waals surface area (Å²) in [6.07, 6.45) is 6.19. The van der Waals surface area contributed by atoms with Gasteiger partial charge in [0.25, 0.3) is 0 Å². The Bertz CT molecular complexity index is 481. The summed E-state index contributed by atoms with van der Waals surface area (Å²) in [6.45, 7) is 3.70. The Morgan fingerprint density at radius 3 is 2.88 bits per heavy atom. The Kier molecular flexibility index (Phi) is 3.64. The van der Waals surface area contributed by atoms with Crippen molar-refractivity contribution in [1.29, 1.82) is 0 Å². The topological polar surface area (TPSA) is 48.8 Å². The van der Waals surface area contributed by atoms with E-state index in [4.69, 9.17) is 5.73 Å². The molecule has 17 heavy (non-hydrogen) atoms. The lowest BCUT2D eigenvalue weighted by molar-refractivity contribution is 0.661. The van der Waals surface area contributed by atoms with Crippen molar-refractivity contribution in [3.8, 4) is 0 Å². The fourth-order valence-corrected chi connectivity index (χ4v) is 1.98. The molecule has 0 aromatic carbocycles. The summed E-state index contributed by atoms with van der Waals surface area (Å²) in [6, 6.07) is 4.30. The first kappa shape index (κ1) is 11.9. The van der Waals surface area contributed by atoms with Crippen LogP contribution in [0.2, 0.25) is 0 Å². The molecule has 0 fully saturated rings. The summed E-state index contributed by atoms with van der Waals surface area (Å²) in [5.74, 6) is 0. The van der Waals surface area contributed by atoms with Crippen molar-refractivity contribution >= 4 is 0 Å². The summed E-state index contributed by atoms with van der Waals surface area (Å²) >= 11 is 0. The van der Waals surface area contributed by atoms with Gasteiger partial charge in [-0.15, -0.1) is 0 Å². The van der Waals surface area contributed by atoms with E-state index < -0.39 is 0 Å².